The summed E-state index contributed by atoms with van der Waals surface area (Å²) in [5, 5.41) is 5.82. The summed E-state index contributed by atoms with van der Waals surface area (Å²) < 4.78 is 13.6. The van der Waals surface area contributed by atoms with Crippen molar-refractivity contribution in [2.24, 2.45) is 0 Å². The SMILES string of the molecule is CSc1nc(Cl)c(F)c(NCc2nccs2)n1. The molecule has 2 aromatic heterocycles. The van der Waals surface area contributed by atoms with E-state index in [1.54, 1.807) is 12.5 Å². The van der Waals surface area contributed by atoms with Crippen molar-refractivity contribution in [3.8, 4) is 0 Å². The molecule has 0 aliphatic heterocycles. The molecule has 8 heteroatoms. The molecule has 90 valence electrons. The number of hydrogen-bond acceptors (Lipinski definition) is 6. The molecule has 2 rings (SSSR count). The van der Waals surface area contributed by atoms with Crippen LogP contribution < -0.4 is 5.32 Å². The molecule has 0 unspecified atom stereocenters. The van der Waals surface area contributed by atoms with E-state index in [9.17, 15) is 4.39 Å². The Morgan fingerprint density at radius 3 is 3.00 bits per heavy atom. The smallest absolute Gasteiger partial charge is 0.202 e. The van der Waals surface area contributed by atoms with Crippen molar-refractivity contribution in [1.82, 2.24) is 15.0 Å². The zero-order valence-corrected chi connectivity index (χ0v) is 11.2. The van der Waals surface area contributed by atoms with Crippen molar-refractivity contribution in [3.63, 3.8) is 0 Å². The van der Waals surface area contributed by atoms with Crippen LogP contribution in [0.25, 0.3) is 0 Å². The largest absolute Gasteiger partial charge is 0.361 e. The van der Waals surface area contributed by atoms with Crippen molar-refractivity contribution >= 4 is 40.5 Å². The zero-order valence-electron chi connectivity index (χ0n) is 8.78. The maximum atomic E-state index is 13.6. The van der Waals surface area contributed by atoms with E-state index in [2.05, 4.69) is 20.3 Å². The van der Waals surface area contributed by atoms with Gasteiger partial charge in [-0.1, -0.05) is 23.4 Å². The first-order valence-electron chi connectivity index (χ1n) is 4.60. The van der Waals surface area contributed by atoms with Gasteiger partial charge in [-0.25, -0.2) is 15.0 Å². The molecule has 2 heterocycles. The Bertz CT molecular complexity index is 506. The van der Waals surface area contributed by atoms with Crippen LogP contribution in [-0.2, 0) is 6.54 Å². The van der Waals surface area contributed by atoms with Gasteiger partial charge >= 0.3 is 0 Å². The Morgan fingerprint density at radius 2 is 2.35 bits per heavy atom. The first kappa shape index (κ1) is 12.5. The van der Waals surface area contributed by atoms with Gasteiger partial charge in [0.25, 0.3) is 0 Å². The van der Waals surface area contributed by atoms with Crippen LogP contribution in [0.5, 0.6) is 0 Å². The number of rotatable bonds is 4. The summed E-state index contributed by atoms with van der Waals surface area (Å²) in [5.74, 6) is -0.537. The predicted molar refractivity (Wildman–Crippen MR) is 68.2 cm³/mol. The Hall–Kier alpha value is -0.920. The number of nitrogens with zero attached hydrogens (tertiary/aromatic N) is 3. The third-order valence-electron chi connectivity index (χ3n) is 1.86. The summed E-state index contributed by atoms with van der Waals surface area (Å²) in [6.07, 6.45) is 3.49. The monoisotopic (exact) mass is 290 g/mol. The molecule has 0 bridgehead atoms. The molecule has 0 radical (unpaired) electrons. The van der Waals surface area contributed by atoms with Gasteiger partial charge in [0, 0.05) is 11.6 Å². The fraction of sp³-hybridized carbons (Fsp3) is 0.222. The summed E-state index contributed by atoms with van der Waals surface area (Å²) >= 11 is 8.45. The molecule has 0 saturated carbocycles. The zero-order chi connectivity index (χ0) is 12.3. The number of anilines is 1. The molecule has 0 atom stereocenters. The molecule has 4 nitrogen and oxygen atoms in total. The van der Waals surface area contributed by atoms with Gasteiger partial charge in [0.15, 0.2) is 16.1 Å². The van der Waals surface area contributed by atoms with E-state index in [0.717, 1.165) is 5.01 Å². The first-order valence-corrected chi connectivity index (χ1v) is 7.08. The number of aromatic nitrogens is 3. The van der Waals surface area contributed by atoms with E-state index in [1.165, 1.54) is 23.1 Å². The molecular weight excluding hydrogens is 283 g/mol. The van der Waals surface area contributed by atoms with Crippen LogP contribution in [0.15, 0.2) is 16.7 Å². The van der Waals surface area contributed by atoms with Crippen LogP contribution >= 0.6 is 34.7 Å². The molecule has 17 heavy (non-hydrogen) atoms. The Morgan fingerprint density at radius 1 is 1.53 bits per heavy atom. The Labute approximate surface area is 111 Å². The van der Waals surface area contributed by atoms with Gasteiger partial charge in [-0.3, -0.25) is 0 Å². The first-order chi connectivity index (χ1) is 8.20. The van der Waals surface area contributed by atoms with Gasteiger partial charge in [-0.2, -0.15) is 4.39 Å². The van der Waals surface area contributed by atoms with Crippen molar-refractivity contribution in [3.05, 3.63) is 27.6 Å². The fourth-order valence-electron chi connectivity index (χ4n) is 1.11. The van der Waals surface area contributed by atoms with E-state index >= 15 is 0 Å². The number of nitrogens with one attached hydrogen (secondary N) is 1. The standard InChI is InChI=1S/C9H8ClFN4S2/c1-16-9-14-7(10)6(11)8(15-9)13-4-5-12-2-3-17-5/h2-3H,4H2,1H3,(H,13,14,15). The highest BCUT2D eigenvalue weighted by molar-refractivity contribution is 7.98. The average molecular weight is 291 g/mol. The molecule has 0 aliphatic rings. The number of halogens is 2. The Kier molecular flexibility index (Phi) is 4.14. The van der Waals surface area contributed by atoms with Crippen LogP contribution in [0.2, 0.25) is 5.15 Å². The maximum Gasteiger partial charge on any atom is 0.202 e. The maximum absolute atomic E-state index is 13.6. The molecular formula is C9H8ClFN4S2. The minimum Gasteiger partial charge on any atom is -0.361 e. The quantitative estimate of drug-likeness (QED) is 0.533. The minimum atomic E-state index is -0.638. The third kappa shape index (κ3) is 3.05. The molecule has 0 aliphatic carbocycles. The van der Waals surface area contributed by atoms with Gasteiger partial charge in [0.1, 0.15) is 5.01 Å². The summed E-state index contributed by atoms with van der Waals surface area (Å²) in [6, 6.07) is 0. The lowest BCUT2D eigenvalue weighted by atomic mass is 10.5. The lowest BCUT2D eigenvalue weighted by Gasteiger charge is -2.06. The number of thiazole rings is 1. The third-order valence-corrected chi connectivity index (χ3v) is 3.44. The van der Waals surface area contributed by atoms with Gasteiger partial charge in [-0.15, -0.1) is 11.3 Å². The van der Waals surface area contributed by atoms with Gasteiger partial charge in [-0.05, 0) is 6.26 Å². The van der Waals surface area contributed by atoms with Crippen LogP contribution in [-0.4, -0.2) is 21.2 Å². The second-order valence-corrected chi connectivity index (χ2v) is 5.05. The van der Waals surface area contributed by atoms with Crippen LogP contribution in [0.1, 0.15) is 5.01 Å². The topological polar surface area (TPSA) is 50.7 Å². The van der Waals surface area contributed by atoms with Crippen molar-refractivity contribution in [2.75, 3.05) is 11.6 Å². The molecule has 0 spiro atoms. The van der Waals surface area contributed by atoms with Crippen molar-refractivity contribution in [2.45, 2.75) is 11.7 Å². The van der Waals surface area contributed by atoms with E-state index in [0.29, 0.717) is 11.7 Å². The Balaban J connectivity index is 2.17. The number of hydrogen-bond donors (Lipinski definition) is 1. The van der Waals surface area contributed by atoms with Gasteiger partial charge < -0.3 is 5.32 Å². The van der Waals surface area contributed by atoms with E-state index in [4.69, 9.17) is 11.6 Å². The van der Waals surface area contributed by atoms with E-state index in [-0.39, 0.29) is 11.0 Å². The van der Waals surface area contributed by atoms with E-state index in [1.807, 2.05) is 5.38 Å². The lowest BCUT2D eigenvalue weighted by molar-refractivity contribution is 0.609. The normalized spacial score (nSPS) is 10.5. The molecule has 0 fully saturated rings. The average Bonchev–Trinajstić information content (AvgIpc) is 2.84. The molecule has 0 amide bonds. The minimum absolute atomic E-state index is 0.101. The second kappa shape index (κ2) is 5.61. The predicted octanol–water partition coefficient (Wildman–Crippen LogP) is 3.06. The highest BCUT2D eigenvalue weighted by Gasteiger charge is 2.12. The molecule has 1 N–H and O–H groups in total. The summed E-state index contributed by atoms with van der Waals surface area (Å²) in [7, 11) is 0. The molecule has 0 aromatic carbocycles. The van der Waals surface area contributed by atoms with Gasteiger partial charge in [0.05, 0.1) is 6.54 Å². The summed E-state index contributed by atoms with van der Waals surface area (Å²) in [4.78, 5) is 11.9. The second-order valence-electron chi connectivity index (χ2n) is 2.94. The summed E-state index contributed by atoms with van der Waals surface area (Å²) in [5.41, 5.74) is 0. The molecule has 2 aromatic rings. The van der Waals surface area contributed by atoms with Crippen LogP contribution in [0.4, 0.5) is 10.2 Å². The van der Waals surface area contributed by atoms with Crippen molar-refractivity contribution < 1.29 is 4.39 Å². The molecule has 0 saturated heterocycles. The van der Waals surface area contributed by atoms with Gasteiger partial charge in [0.2, 0.25) is 5.82 Å². The lowest BCUT2D eigenvalue weighted by Crippen LogP contribution is -2.05. The highest BCUT2D eigenvalue weighted by Crippen LogP contribution is 2.22. The fourth-order valence-corrected chi connectivity index (χ4v) is 2.25. The summed E-state index contributed by atoms with van der Waals surface area (Å²) in [6.45, 7) is 0.412. The van der Waals surface area contributed by atoms with E-state index < -0.39 is 5.82 Å². The highest BCUT2D eigenvalue weighted by atomic mass is 35.5. The van der Waals surface area contributed by atoms with Crippen LogP contribution in [0.3, 0.4) is 0 Å². The van der Waals surface area contributed by atoms with Crippen LogP contribution in [0, 0.1) is 5.82 Å². The van der Waals surface area contributed by atoms with Crippen molar-refractivity contribution in [1.29, 1.82) is 0 Å². The number of thioether (sulfide) groups is 1.